The first-order chi connectivity index (χ1) is 5.29. The SMILES string of the molecule is O=C1CC(=O)c2ccccc21.[NaH]. The summed E-state index contributed by atoms with van der Waals surface area (Å²) in [5, 5.41) is 0. The molecule has 1 aliphatic rings. The van der Waals surface area contributed by atoms with Gasteiger partial charge in [0.05, 0.1) is 6.42 Å². The quantitative estimate of drug-likeness (QED) is 0.426. The minimum absolute atomic E-state index is 0. The van der Waals surface area contributed by atoms with E-state index < -0.39 is 0 Å². The van der Waals surface area contributed by atoms with Gasteiger partial charge < -0.3 is 0 Å². The van der Waals surface area contributed by atoms with Gasteiger partial charge in [0.15, 0.2) is 11.6 Å². The summed E-state index contributed by atoms with van der Waals surface area (Å²) < 4.78 is 0. The van der Waals surface area contributed by atoms with E-state index in [1.807, 2.05) is 0 Å². The van der Waals surface area contributed by atoms with Crippen molar-refractivity contribution in [1.82, 2.24) is 0 Å². The third-order valence-electron chi connectivity index (χ3n) is 1.85. The molecule has 56 valence electrons. The molecule has 2 rings (SSSR count). The van der Waals surface area contributed by atoms with Crippen molar-refractivity contribution < 1.29 is 9.59 Å². The van der Waals surface area contributed by atoms with Crippen LogP contribution in [0.15, 0.2) is 24.3 Å². The van der Waals surface area contributed by atoms with Gasteiger partial charge in [-0.25, -0.2) is 0 Å². The predicted molar refractivity (Wildman–Crippen MR) is 46.9 cm³/mol. The Morgan fingerprint density at radius 3 is 1.75 bits per heavy atom. The zero-order valence-electron chi connectivity index (χ0n) is 5.83. The number of benzene rings is 1. The first kappa shape index (κ1) is 9.65. The summed E-state index contributed by atoms with van der Waals surface area (Å²) in [5.41, 5.74) is 1.16. The predicted octanol–water partition coefficient (Wildman–Crippen LogP) is 0.807. The summed E-state index contributed by atoms with van der Waals surface area (Å²) >= 11 is 0. The van der Waals surface area contributed by atoms with E-state index in [1.165, 1.54) is 0 Å². The van der Waals surface area contributed by atoms with Crippen molar-refractivity contribution in [3.05, 3.63) is 35.4 Å². The van der Waals surface area contributed by atoms with Crippen LogP contribution in [0.4, 0.5) is 0 Å². The summed E-state index contributed by atoms with van der Waals surface area (Å²) in [4.78, 5) is 22.1. The van der Waals surface area contributed by atoms with E-state index in [4.69, 9.17) is 0 Å². The fraction of sp³-hybridized carbons (Fsp3) is 0.111. The second-order valence-electron chi connectivity index (χ2n) is 2.57. The van der Waals surface area contributed by atoms with E-state index in [-0.39, 0.29) is 47.5 Å². The van der Waals surface area contributed by atoms with Crippen molar-refractivity contribution in [2.45, 2.75) is 6.42 Å². The van der Waals surface area contributed by atoms with Gasteiger partial charge in [0, 0.05) is 11.1 Å². The zero-order chi connectivity index (χ0) is 7.84. The van der Waals surface area contributed by atoms with Crippen LogP contribution in [0.1, 0.15) is 27.1 Å². The molecule has 12 heavy (non-hydrogen) atoms. The van der Waals surface area contributed by atoms with Crippen molar-refractivity contribution in [3.63, 3.8) is 0 Å². The molecule has 2 nitrogen and oxygen atoms in total. The molecule has 0 aliphatic heterocycles. The van der Waals surface area contributed by atoms with E-state index in [0.717, 1.165) is 0 Å². The Balaban J connectivity index is 0.000000720. The first-order valence-corrected chi connectivity index (χ1v) is 3.44. The molecule has 3 heteroatoms. The number of rotatable bonds is 0. The molecule has 1 aromatic carbocycles. The maximum atomic E-state index is 11.1. The summed E-state index contributed by atoms with van der Waals surface area (Å²) in [6.45, 7) is 0. The number of fused-ring (bicyclic) bond motifs is 1. The molecule has 0 N–H and O–H groups in total. The number of hydrogen-bond acceptors (Lipinski definition) is 2. The number of carbonyl (C=O) groups is 2. The Morgan fingerprint density at radius 1 is 0.917 bits per heavy atom. The van der Waals surface area contributed by atoms with Crippen LogP contribution >= 0.6 is 0 Å². The third-order valence-corrected chi connectivity index (χ3v) is 1.85. The molecule has 0 fully saturated rings. The molecular weight excluding hydrogens is 163 g/mol. The van der Waals surface area contributed by atoms with Gasteiger partial charge in [-0.1, -0.05) is 24.3 Å². The molecule has 1 aromatic rings. The average molecular weight is 170 g/mol. The third kappa shape index (κ3) is 1.38. The summed E-state index contributed by atoms with van der Waals surface area (Å²) in [7, 11) is 0. The van der Waals surface area contributed by atoms with Crippen LogP contribution < -0.4 is 0 Å². The Labute approximate surface area is 92.3 Å². The van der Waals surface area contributed by atoms with E-state index in [1.54, 1.807) is 24.3 Å². The van der Waals surface area contributed by atoms with Crippen molar-refractivity contribution in [2.24, 2.45) is 0 Å². The summed E-state index contributed by atoms with van der Waals surface area (Å²) in [6, 6.07) is 6.94. The first-order valence-electron chi connectivity index (χ1n) is 3.44. The van der Waals surface area contributed by atoms with E-state index >= 15 is 0 Å². The standard InChI is InChI=1S/C9H6O2.Na.H/c10-8-5-9(11)7-4-2-1-3-6(7)8;;/h1-4H,5H2;;. The molecule has 0 saturated heterocycles. The molecular formula is C9H7NaO2. The van der Waals surface area contributed by atoms with Crippen LogP contribution in [0.2, 0.25) is 0 Å². The summed E-state index contributed by atoms with van der Waals surface area (Å²) in [5.74, 6) is -0.101. The number of hydrogen-bond donors (Lipinski definition) is 0. The second-order valence-corrected chi connectivity index (χ2v) is 2.57. The molecule has 0 amide bonds. The van der Waals surface area contributed by atoms with Crippen LogP contribution in [0, 0.1) is 0 Å². The van der Waals surface area contributed by atoms with Crippen LogP contribution in [0.25, 0.3) is 0 Å². The Morgan fingerprint density at radius 2 is 1.33 bits per heavy atom. The molecule has 0 heterocycles. The Bertz CT molecular complexity index is 311. The number of ketones is 2. The van der Waals surface area contributed by atoms with Crippen LogP contribution in [-0.2, 0) is 0 Å². The Kier molecular flexibility index (Phi) is 2.83. The Hall–Kier alpha value is -0.440. The molecule has 0 bridgehead atoms. The number of carbonyl (C=O) groups excluding carboxylic acids is 2. The average Bonchev–Trinajstić information content (AvgIpc) is 2.30. The fourth-order valence-electron chi connectivity index (χ4n) is 1.31. The molecule has 0 unspecified atom stereocenters. The van der Waals surface area contributed by atoms with Crippen LogP contribution in [0.5, 0.6) is 0 Å². The van der Waals surface area contributed by atoms with Gasteiger partial charge >= 0.3 is 29.6 Å². The van der Waals surface area contributed by atoms with E-state index in [9.17, 15) is 9.59 Å². The summed E-state index contributed by atoms with van der Waals surface area (Å²) in [6.07, 6.45) is 0.0549. The van der Waals surface area contributed by atoms with Gasteiger partial charge in [-0.05, 0) is 0 Å². The fourth-order valence-corrected chi connectivity index (χ4v) is 1.31. The van der Waals surface area contributed by atoms with Gasteiger partial charge in [-0.3, -0.25) is 9.59 Å². The van der Waals surface area contributed by atoms with Crippen molar-refractivity contribution in [1.29, 1.82) is 0 Å². The van der Waals surface area contributed by atoms with Crippen LogP contribution in [0.3, 0.4) is 0 Å². The van der Waals surface area contributed by atoms with Gasteiger partial charge in [-0.15, -0.1) is 0 Å². The minimum atomic E-state index is -0.0504. The van der Waals surface area contributed by atoms with Crippen molar-refractivity contribution >= 4 is 41.1 Å². The maximum absolute atomic E-state index is 11.1. The molecule has 1 aliphatic carbocycles. The molecule has 0 saturated carbocycles. The van der Waals surface area contributed by atoms with E-state index in [2.05, 4.69) is 0 Å². The zero-order valence-corrected chi connectivity index (χ0v) is 5.83. The van der Waals surface area contributed by atoms with Gasteiger partial charge in [0.2, 0.25) is 0 Å². The van der Waals surface area contributed by atoms with Gasteiger partial charge in [-0.2, -0.15) is 0 Å². The molecule has 0 atom stereocenters. The monoisotopic (exact) mass is 170 g/mol. The topological polar surface area (TPSA) is 34.1 Å². The van der Waals surface area contributed by atoms with Crippen molar-refractivity contribution in [3.8, 4) is 0 Å². The van der Waals surface area contributed by atoms with Crippen LogP contribution in [-0.4, -0.2) is 41.1 Å². The van der Waals surface area contributed by atoms with Gasteiger partial charge in [0.25, 0.3) is 0 Å². The second kappa shape index (κ2) is 3.52. The van der Waals surface area contributed by atoms with Crippen molar-refractivity contribution in [2.75, 3.05) is 0 Å². The normalized spacial score (nSPS) is 14.0. The molecule has 0 aromatic heterocycles. The molecule has 0 spiro atoms. The molecule has 0 radical (unpaired) electrons. The van der Waals surface area contributed by atoms with Gasteiger partial charge in [0.1, 0.15) is 0 Å². The number of Topliss-reactive ketones (excluding diaryl/α,β-unsaturated/α-hetero) is 2. The van der Waals surface area contributed by atoms with E-state index in [0.29, 0.717) is 11.1 Å².